The van der Waals surface area contributed by atoms with Gasteiger partial charge in [0.25, 0.3) is 11.6 Å². The van der Waals surface area contributed by atoms with Gasteiger partial charge in [-0.1, -0.05) is 59.3 Å². The molecular formula is C24H16Cl2N2O5S2. The molecule has 11 heteroatoms. The molecule has 178 valence electrons. The number of carbonyl (C=O) groups is 1. The number of hydrogen-bond acceptors (Lipinski definition) is 7. The van der Waals surface area contributed by atoms with Crippen LogP contribution in [0.15, 0.2) is 65.6 Å². The summed E-state index contributed by atoms with van der Waals surface area (Å²) in [6, 6.07) is 16.1. The Labute approximate surface area is 220 Å². The summed E-state index contributed by atoms with van der Waals surface area (Å²) in [6.45, 7) is 0.155. The standard InChI is InChI=1S/C24H16Cl2N2O5S2/c1-32-21-11-14(5-10-20(21)33-13-17-18(25)3-2-4-19(17)26)12-22-23(29)27(24(34)35-22)15-6-8-16(9-7-15)28(30)31/h2-12H,13H2,1H3/b22-12+. The van der Waals surface area contributed by atoms with Crippen LogP contribution in [0.3, 0.4) is 0 Å². The van der Waals surface area contributed by atoms with Crippen LogP contribution in [0.25, 0.3) is 6.08 Å². The van der Waals surface area contributed by atoms with Crippen LogP contribution in [0, 0.1) is 10.1 Å². The van der Waals surface area contributed by atoms with E-state index >= 15 is 0 Å². The Morgan fingerprint density at radius 3 is 2.40 bits per heavy atom. The SMILES string of the molecule is COc1cc(/C=C2/SC(=S)N(c3ccc([N+](=O)[O-])cc3)C2=O)ccc1OCc1c(Cl)cccc1Cl. The summed E-state index contributed by atoms with van der Waals surface area (Å²) >= 11 is 18.9. The van der Waals surface area contributed by atoms with Gasteiger partial charge in [-0.25, -0.2) is 0 Å². The molecule has 0 spiro atoms. The van der Waals surface area contributed by atoms with Crippen molar-refractivity contribution >= 4 is 74.9 Å². The minimum absolute atomic E-state index is 0.0686. The monoisotopic (exact) mass is 546 g/mol. The summed E-state index contributed by atoms with van der Waals surface area (Å²) in [5, 5.41) is 11.9. The molecule has 0 N–H and O–H groups in total. The third kappa shape index (κ3) is 5.43. The smallest absolute Gasteiger partial charge is 0.270 e. The van der Waals surface area contributed by atoms with E-state index < -0.39 is 4.92 Å². The van der Waals surface area contributed by atoms with E-state index in [1.54, 1.807) is 42.5 Å². The molecule has 1 aliphatic rings. The number of rotatable bonds is 7. The molecule has 7 nitrogen and oxygen atoms in total. The van der Waals surface area contributed by atoms with Gasteiger partial charge in [-0.2, -0.15) is 0 Å². The number of nitro benzene ring substituents is 1. The van der Waals surface area contributed by atoms with Crippen molar-refractivity contribution in [3.8, 4) is 11.5 Å². The van der Waals surface area contributed by atoms with Gasteiger partial charge >= 0.3 is 0 Å². The second-order valence-electron chi connectivity index (χ2n) is 7.19. The minimum Gasteiger partial charge on any atom is -0.493 e. The van der Waals surface area contributed by atoms with Gasteiger partial charge in [0, 0.05) is 27.7 Å². The van der Waals surface area contributed by atoms with Crippen LogP contribution in [0.1, 0.15) is 11.1 Å². The lowest BCUT2D eigenvalue weighted by Gasteiger charge is -2.14. The third-order valence-corrected chi connectivity index (χ3v) is 7.04. The van der Waals surface area contributed by atoms with E-state index in [0.29, 0.717) is 47.6 Å². The fourth-order valence-corrected chi connectivity index (χ4v) is 5.08. The van der Waals surface area contributed by atoms with Crippen LogP contribution in [-0.2, 0) is 11.4 Å². The summed E-state index contributed by atoms with van der Waals surface area (Å²) in [6.07, 6.45) is 1.70. The molecule has 0 aromatic heterocycles. The first-order chi connectivity index (χ1) is 16.8. The predicted octanol–water partition coefficient (Wildman–Crippen LogP) is 6.90. The number of methoxy groups -OCH3 is 1. The maximum atomic E-state index is 13.0. The van der Waals surface area contributed by atoms with Gasteiger partial charge in [-0.05, 0) is 48.0 Å². The van der Waals surface area contributed by atoms with Gasteiger partial charge in [0.15, 0.2) is 15.8 Å². The van der Waals surface area contributed by atoms with Crippen molar-refractivity contribution in [3.63, 3.8) is 0 Å². The molecule has 1 amide bonds. The molecule has 1 aliphatic heterocycles. The van der Waals surface area contributed by atoms with Gasteiger partial charge < -0.3 is 9.47 Å². The van der Waals surface area contributed by atoms with Crippen molar-refractivity contribution in [1.82, 2.24) is 0 Å². The quantitative estimate of drug-likeness (QED) is 0.138. The van der Waals surface area contributed by atoms with Gasteiger partial charge in [-0.3, -0.25) is 19.8 Å². The Morgan fingerprint density at radius 2 is 1.77 bits per heavy atom. The average molecular weight is 547 g/mol. The highest BCUT2D eigenvalue weighted by molar-refractivity contribution is 8.27. The first-order valence-electron chi connectivity index (χ1n) is 10.0. The number of halogens is 2. The summed E-state index contributed by atoms with van der Waals surface area (Å²) in [4.78, 5) is 25.2. The van der Waals surface area contributed by atoms with Crippen LogP contribution < -0.4 is 14.4 Å². The average Bonchev–Trinajstić information content (AvgIpc) is 3.11. The molecule has 1 fully saturated rings. The zero-order valence-corrected chi connectivity index (χ0v) is 21.2. The van der Waals surface area contributed by atoms with Crippen LogP contribution in [0.5, 0.6) is 11.5 Å². The molecule has 1 saturated heterocycles. The van der Waals surface area contributed by atoms with Gasteiger partial charge in [-0.15, -0.1) is 0 Å². The van der Waals surface area contributed by atoms with E-state index in [-0.39, 0.29) is 18.2 Å². The number of thioether (sulfide) groups is 1. The Balaban J connectivity index is 1.53. The Morgan fingerprint density at radius 1 is 1.09 bits per heavy atom. The van der Waals surface area contributed by atoms with E-state index in [9.17, 15) is 14.9 Å². The highest BCUT2D eigenvalue weighted by Crippen LogP contribution is 2.38. The molecule has 3 aromatic carbocycles. The van der Waals surface area contributed by atoms with Crippen LogP contribution in [0.2, 0.25) is 10.0 Å². The highest BCUT2D eigenvalue weighted by atomic mass is 35.5. The van der Waals surface area contributed by atoms with Crippen LogP contribution >= 0.6 is 47.2 Å². The third-order valence-electron chi connectivity index (χ3n) is 5.03. The molecule has 0 bridgehead atoms. The van der Waals surface area contributed by atoms with Crippen LogP contribution in [-0.4, -0.2) is 22.3 Å². The van der Waals surface area contributed by atoms with Crippen molar-refractivity contribution in [3.05, 3.63) is 96.9 Å². The summed E-state index contributed by atoms with van der Waals surface area (Å²) in [5.41, 5.74) is 1.76. The molecule has 0 aliphatic carbocycles. The van der Waals surface area contributed by atoms with Crippen molar-refractivity contribution in [1.29, 1.82) is 0 Å². The number of ether oxygens (including phenoxy) is 2. The molecule has 0 saturated carbocycles. The van der Waals surface area contributed by atoms with Gasteiger partial charge in [0.2, 0.25) is 0 Å². The normalized spacial score (nSPS) is 14.5. The lowest BCUT2D eigenvalue weighted by Crippen LogP contribution is -2.27. The number of hydrogen-bond donors (Lipinski definition) is 0. The van der Waals surface area contributed by atoms with E-state index in [4.69, 9.17) is 44.9 Å². The summed E-state index contributed by atoms with van der Waals surface area (Å²) in [7, 11) is 1.52. The number of amides is 1. The van der Waals surface area contributed by atoms with Crippen LogP contribution in [0.4, 0.5) is 11.4 Å². The molecular weight excluding hydrogens is 531 g/mol. The number of anilines is 1. The van der Waals surface area contributed by atoms with Crippen molar-refractivity contribution in [2.75, 3.05) is 12.0 Å². The lowest BCUT2D eigenvalue weighted by molar-refractivity contribution is -0.384. The molecule has 0 unspecified atom stereocenters. The Bertz CT molecular complexity index is 1340. The molecule has 0 radical (unpaired) electrons. The number of carbonyl (C=O) groups excluding carboxylic acids is 1. The lowest BCUT2D eigenvalue weighted by atomic mass is 10.1. The number of nitrogens with zero attached hydrogens (tertiary/aromatic N) is 2. The number of non-ortho nitro benzene ring substituents is 1. The molecule has 35 heavy (non-hydrogen) atoms. The number of nitro groups is 1. The maximum Gasteiger partial charge on any atom is 0.270 e. The second kappa shape index (κ2) is 10.7. The fraction of sp³-hybridized carbons (Fsp3) is 0.0833. The predicted molar refractivity (Wildman–Crippen MR) is 143 cm³/mol. The van der Waals surface area contributed by atoms with E-state index in [1.807, 2.05) is 0 Å². The molecule has 0 atom stereocenters. The first kappa shape index (κ1) is 25.0. The largest absolute Gasteiger partial charge is 0.493 e. The topological polar surface area (TPSA) is 81.9 Å². The Hall–Kier alpha value is -3.11. The van der Waals surface area contributed by atoms with E-state index in [2.05, 4.69) is 0 Å². The zero-order valence-electron chi connectivity index (χ0n) is 18.1. The molecule has 4 rings (SSSR count). The van der Waals surface area contributed by atoms with Crippen molar-refractivity contribution < 1.29 is 19.2 Å². The minimum atomic E-state index is -0.502. The molecule has 3 aromatic rings. The second-order valence-corrected chi connectivity index (χ2v) is 9.68. The Kier molecular flexibility index (Phi) is 7.61. The van der Waals surface area contributed by atoms with Crippen molar-refractivity contribution in [2.45, 2.75) is 6.61 Å². The zero-order chi connectivity index (χ0) is 25.1. The first-order valence-corrected chi connectivity index (χ1v) is 12.0. The fourth-order valence-electron chi connectivity index (χ4n) is 3.28. The maximum absolute atomic E-state index is 13.0. The summed E-state index contributed by atoms with van der Waals surface area (Å²) in [5.74, 6) is 0.633. The number of benzene rings is 3. The van der Waals surface area contributed by atoms with E-state index in [1.165, 1.54) is 36.3 Å². The van der Waals surface area contributed by atoms with E-state index in [0.717, 1.165) is 11.8 Å². The van der Waals surface area contributed by atoms with Gasteiger partial charge in [0.1, 0.15) is 6.61 Å². The highest BCUT2D eigenvalue weighted by Gasteiger charge is 2.33. The summed E-state index contributed by atoms with van der Waals surface area (Å²) < 4.78 is 11.7. The van der Waals surface area contributed by atoms with Crippen molar-refractivity contribution in [2.24, 2.45) is 0 Å². The molecule has 1 heterocycles. The van der Waals surface area contributed by atoms with Gasteiger partial charge in [0.05, 0.1) is 22.6 Å². The number of thiocarbonyl (C=S) groups is 1.